The van der Waals surface area contributed by atoms with E-state index in [9.17, 15) is 9.90 Å². The van der Waals surface area contributed by atoms with E-state index in [1.165, 1.54) is 0 Å². The van der Waals surface area contributed by atoms with Crippen LogP contribution in [0.3, 0.4) is 0 Å². The number of carbonyl (C=O) groups is 1. The average Bonchev–Trinajstić information content (AvgIpc) is 2.88. The predicted molar refractivity (Wildman–Crippen MR) is 89.2 cm³/mol. The van der Waals surface area contributed by atoms with Gasteiger partial charge >= 0.3 is 5.97 Å². The molecule has 0 radical (unpaired) electrons. The Hall–Kier alpha value is -1.72. The zero-order valence-electron chi connectivity index (χ0n) is 11.5. The topological polar surface area (TPSA) is 50.2 Å². The molecule has 0 aliphatic heterocycles. The number of halogens is 1. The number of aryl methyl sites for hydroxylation is 2. The summed E-state index contributed by atoms with van der Waals surface area (Å²) in [7, 11) is 0. The van der Waals surface area contributed by atoms with Gasteiger partial charge in [-0.15, -0.1) is 11.3 Å². The Morgan fingerprint density at radius 3 is 2.52 bits per heavy atom. The first-order chi connectivity index (χ1) is 9.97. The SMILES string of the molecule is Cc1ccc(C)c2c(C(=O)O)cc(-c3ccc(Br)s3)nc12. The Labute approximate surface area is 134 Å². The Morgan fingerprint density at radius 1 is 1.19 bits per heavy atom. The van der Waals surface area contributed by atoms with Crippen molar-refractivity contribution in [1.82, 2.24) is 4.98 Å². The number of nitrogens with zero attached hydrogens (tertiary/aromatic N) is 1. The summed E-state index contributed by atoms with van der Waals surface area (Å²) in [6, 6.07) is 9.46. The molecule has 0 amide bonds. The quantitative estimate of drug-likeness (QED) is 0.695. The average molecular weight is 362 g/mol. The van der Waals surface area contributed by atoms with Crippen LogP contribution in [0, 0.1) is 13.8 Å². The third kappa shape index (κ3) is 2.47. The number of thiophene rings is 1. The number of rotatable bonds is 2. The van der Waals surface area contributed by atoms with E-state index in [0.717, 1.165) is 30.7 Å². The third-order valence-electron chi connectivity index (χ3n) is 3.43. The molecule has 0 unspecified atom stereocenters. The van der Waals surface area contributed by atoms with Gasteiger partial charge in [-0.1, -0.05) is 12.1 Å². The second-order valence-electron chi connectivity index (χ2n) is 4.89. The molecule has 0 atom stereocenters. The minimum absolute atomic E-state index is 0.306. The number of benzene rings is 1. The zero-order valence-corrected chi connectivity index (χ0v) is 13.9. The number of fused-ring (bicyclic) bond motifs is 1. The van der Waals surface area contributed by atoms with Crippen molar-refractivity contribution in [2.45, 2.75) is 13.8 Å². The van der Waals surface area contributed by atoms with E-state index < -0.39 is 5.97 Å². The molecule has 0 aliphatic rings. The zero-order chi connectivity index (χ0) is 15.1. The predicted octanol–water partition coefficient (Wildman–Crippen LogP) is 5.04. The van der Waals surface area contributed by atoms with Gasteiger partial charge in [0.25, 0.3) is 0 Å². The maximum absolute atomic E-state index is 11.6. The highest BCUT2D eigenvalue weighted by molar-refractivity contribution is 9.11. The molecule has 0 saturated carbocycles. The first-order valence-corrected chi connectivity index (χ1v) is 7.98. The van der Waals surface area contributed by atoms with Crippen LogP contribution < -0.4 is 0 Å². The van der Waals surface area contributed by atoms with E-state index >= 15 is 0 Å². The highest BCUT2D eigenvalue weighted by Crippen LogP contribution is 2.34. The molecule has 0 spiro atoms. The Kier molecular flexibility index (Phi) is 3.55. The Bertz CT molecular complexity index is 870. The number of carboxylic acid groups (broad SMARTS) is 1. The number of hydrogen-bond donors (Lipinski definition) is 1. The fraction of sp³-hybridized carbons (Fsp3) is 0.125. The van der Waals surface area contributed by atoms with Crippen LogP contribution >= 0.6 is 27.3 Å². The van der Waals surface area contributed by atoms with Crippen LogP contribution in [0.4, 0.5) is 0 Å². The van der Waals surface area contributed by atoms with Crippen LogP contribution in [0.2, 0.25) is 0 Å². The molecule has 0 bridgehead atoms. The van der Waals surface area contributed by atoms with Crippen LogP contribution in [0.5, 0.6) is 0 Å². The van der Waals surface area contributed by atoms with E-state index in [1.54, 1.807) is 17.4 Å². The summed E-state index contributed by atoms with van der Waals surface area (Å²) in [6.07, 6.45) is 0. The lowest BCUT2D eigenvalue weighted by molar-refractivity contribution is 0.0699. The summed E-state index contributed by atoms with van der Waals surface area (Å²) in [5.74, 6) is -0.923. The monoisotopic (exact) mass is 361 g/mol. The normalized spacial score (nSPS) is 11.0. The molecule has 5 heteroatoms. The van der Waals surface area contributed by atoms with Crippen molar-refractivity contribution < 1.29 is 9.90 Å². The van der Waals surface area contributed by atoms with Crippen LogP contribution in [0.25, 0.3) is 21.5 Å². The van der Waals surface area contributed by atoms with E-state index in [1.807, 2.05) is 38.1 Å². The molecular weight excluding hydrogens is 350 g/mol. The number of hydrogen-bond acceptors (Lipinski definition) is 3. The van der Waals surface area contributed by atoms with Crippen LogP contribution in [-0.4, -0.2) is 16.1 Å². The van der Waals surface area contributed by atoms with Crippen molar-refractivity contribution in [3.63, 3.8) is 0 Å². The second kappa shape index (κ2) is 5.24. The number of aromatic carboxylic acids is 1. The van der Waals surface area contributed by atoms with Gasteiger partial charge in [-0.05, 0) is 59.1 Å². The van der Waals surface area contributed by atoms with Crippen molar-refractivity contribution in [2.24, 2.45) is 0 Å². The molecule has 1 aromatic carbocycles. The highest BCUT2D eigenvalue weighted by atomic mass is 79.9. The first-order valence-electron chi connectivity index (χ1n) is 6.37. The molecule has 3 aromatic rings. The fourth-order valence-corrected chi connectivity index (χ4v) is 3.74. The van der Waals surface area contributed by atoms with Gasteiger partial charge in [0.1, 0.15) is 0 Å². The molecule has 106 valence electrons. The molecule has 2 heterocycles. The maximum atomic E-state index is 11.6. The molecule has 0 fully saturated rings. The summed E-state index contributed by atoms with van der Waals surface area (Å²) in [5.41, 5.74) is 3.68. The molecular formula is C16H12BrNO2S. The van der Waals surface area contributed by atoms with Crippen LogP contribution in [-0.2, 0) is 0 Å². The number of aromatic nitrogens is 1. The molecule has 0 saturated heterocycles. The highest BCUT2D eigenvalue weighted by Gasteiger charge is 2.16. The summed E-state index contributed by atoms with van der Waals surface area (Å²) in [4.78, 5) is 17.3. The Morgan fingerprint density at radius 2 is 1.90 bits per heavy atom. The summed E-state index contributed by atoms with van der Waals surface area (Å²) in [6.45, 7) is 3.87. The molecule has 3 nitrogen and oxygen atoms in total. The summed E-state index contributed by atoms with van der Waals surface area (Å²) >= 11 is 4.97. The molecule has 0 aliphatic carbocycles. The molecule has 3 rings (SSSR count). The maximum Gasteiger partial charge on any atom is 0.336 e. The molecule has 1 N–H and O–H groups in total. The summed E-state index contributed by atoms with van der Waals surface area (Å²) in [5, 5.41) is 10.3. The molecule has 2 aromatic heterocycles. The minimum Gasteiger partial charge on any atom is -0.478 e. The second-order valence-corrected chi connectivity index (χ2v) is 7.35. The van der Waals surface area contributed by atoms with E-state index in [-0.39, 0.29) is 0 Å². The van der Waals surface area contributed by atoms with Gasteiger partial charge < -0.3 is 5.11 Å². The van der Waals surface area contributed by atoms with Crippen LogP contribution in [0.1, 0.15) is 21.5 Å². The Balaban J connectivity index is 2.40. The summed E-state index contributed by atoms with van der Waals surface area (Å²) < 4.78 is 0.997. The van der Waals surface area contributed by atoms with Crippen molar-refractivity contribution in [3.8, 4) is 10.6 Å². The smallest absolute Gasteiger partial charge is 0.336 e. The van der Waals surface area contributed by atoms with Crippen LogP contribution in [0.15, 0.2) is 34.1 Å². The third-order valence-corrected chi connectivity index (χ3v) is 5.07. The lowest BCUT2D eigenvalue weighted by atomic mass is 9.99. The van der Waals surface area contributed by atoms with Gasteiger partial charge in [0.15, 0.2) is 0 Å². The minimum atomic E-state index is -0.923. The van der Waals surface area contributed by atoms with Gasteiger partial charge in [0, 0.05) is 5.39 Å². The van der Waals surface area contributed by atoms with Crippen molar-refractivity contribution in [1.29, 1.82) is 0 Å². The number of pyridine rings is 1. The van der Waals surface area contributed by atoms with Crippen molar-refractivity contribution in [3.05, 3.63) is 50.8 Å². The fourth-order valence-electron chi connectivity index (χ4n) is 2.39. The lowest BCUT2D eigenvalue weighted by Crippen LogP contribution is -2.02. The standard InChI is InChI=1S/C16H12BrNO2S/c1-8-3-4-9(2)15-14(8)10(16(19)20)7-11(18-15)12-5-6-13(17)21-12/h3-7H,1-2H3,(H,19,20). The van der Waals surface area contributed by atoms with Gasteiger partial charge in [-0.2, -0.15) is 0 Å². The van der Waals surface area contributed by atoms with Crippen molar-refractivity contribution >= 4 is 44.1 Å². The molecule has 21 heavy (non-hydrogen) atoms. The largest absolute Gasteiger partial charge is 0.478 e. The first kappa shape index (κ1) is 14.2. The van der Waals surface area contributed by atoms with Gasteiger partial charge in [-0.25, -0.2) is 9.78 Å². The van der Waals surface area contributed by atoms with E-state index in [4.69, 9.17) is 0 Å². The lowest BCUT2D eigenvalue weighted by Gasteiger charge is -2.10. The van der Waals surface area contributed by atoms with E-state index in [2.05, 4.69) is 20.9 Å². The van der Waals surface area contributed by atoms with Gasteiger partial charge in [-0.3, -0.25) is 0 Å². The van der Waals surface area contributed by atoms with Crippen molar-refractivity contribution in [2.75, 3.05) is 0 Å². The number of carboxylic acids is 1. The van der Waals surface area contributed by atoms with Gasteiger partial charge in [0.05, 0.1) is 25.4 Å². The van der Waals surface area contributed by atoms with E-state index in [0.29, 0.717) is 11.3 Å². The van der Waals surface area contributed by atoms with Gasteiger partial charge in [0.2, 0.25) is 0 Å².